The lowest BCUT2D eigenvalue weighted by Gasteiger charge is -2.22. The van der Waals surface area contributed by atoms with Gasteiger partial charge in [-0.05, 0) is 29.8 Å². The molecule has 0 amide bonds. The standard InChI is InChI=1S/C8H15N5/c1-13-8(10-11-12-13)6-7-4-2-3-5-9-7/h7,9H,2-6H2,1H3. The Labute approximate surface area is 77.5 Å². The van der Waals surface area contributed by atoms with Gasteiger partial charge in [-0.3, -0.25) is 0 Å². The molecule has 1 atom stereocenters. The average Bonchev–Trinajstić information content (AvgIpc) is 2.54. The van der Waals surface area contributed by atoms with Gasteiger partial charge in [0.1, 0.15) is 0 Å². The van der Waals surface area contributed by atoms with Gasteiger partial charge in [-0.25, -0.2) is 4.68 Å². The van der Waals surface area contributed by atoms with E-state index in [-0.39, 0.29) is 0 Å². The van der Waals surface area contributed by atoms with E-state index in [1.54, 1.807) is 4.68 Å². The maximum atomic E-state index is 3.97. The van der Waals surface area contributed by atoms with Crippen molar-refractivity contribution in [1.29, 1.82) is 0 Å². The van der Waals surface area contributed by atoms with Gasteiger partial charge >= 0.3 is 0 Å². The van der Waals surface area contributed by atoms with Crippen LogP contribution in [0.1, 0.15) is 25.1 Å². The molecule has 1 aliphatic heterocycles. The van der Waals surface area contributed by atoms with Crippen LogP contribution in [0.25, 0.3) is 0 Å². The molecule has 1 aromatic heterocycles. The van der Waals surface area contributed by atoms with E-state index in [2.05, 4.69) is 20.8 Å². The molecule has 1 aliphatic rings. The Bertz CT molecular complexity index is 263. The summed E-state index contributed by atoms with van der Waals surface area (Å²) in [4.78, 5) is 0. The maximum absolute atomic E-state index is 3.97. The Kier molecular flexibility index (Phi) is 2.54. The summed E-state index contributed by atoms with van der Waals surface area (Å²) in [7, 11) is 1.89. The van der Waals surface area contributed by atoms with Gasteiger partial charge in [0.05, 0.1) is 0 Å². The summed E-state index contributed by atoms with van der Waals surface area (Å²) in [5.74, 6) is 0.972. The Morgan fingerprint density at radius 2 is 2.46 bits per heavy atom. The number of tetrazole rings is 1. The largest absolute Gasteiger partial charge is 0.314 e. The molecular formula is C8H15N5. The molecule has 5 nitrogen and oxygen atoms in total. The summed E-state index contributed by atoms with van der Waals surface area (Å²) in [5, 5.41) is 14.9. The van der Waals surface area contributed by atoms with E-state index in [1.807, 2.05) is 7.05 Å². The predicted molar refractivity (Wildman–Crippen MR) is 48.1 cm³/mol. The van der Waals surface area contributed by atoms with Gasteiger partial charge in [-0.15, -0.1) is 5.10 Å². The zero-order valence-corrected chi connectivity index (χ0v) is 7.90. The van der Waals surface area contributed by atoms with Crippen LogP contribution >= 0.6 is 0 Å². The van der Waals surface area contributed by atoms with Crippen molar-refractivity contribution in [2.45, 2.75) is 31.7 Å². The molecule has 1 saturated heterocycles. The van der Waals surface area contributed by atoms with Crippen molar-refractivity contribution in [2.24, 2.45) is 7.05 Å². The van der Waals surface area contributed by atoms with Crippen LogP contribution in [0.4, 0.5) is 0 Å². The highest BCUT2D eigenvalue weighted by molar-refractivity contribution is 4.87. The molecule has 2 rings (SSSR count). The third-order valence-corrected chi connectivity index (χ3v) is 2.55. The van der Waals surface area contributed by atoms with Crippen molar-refractivity contribution in [2.75, 3.05) is 6.54 Å². The fourth-order valence-electron chi connectivity index (χ4n) is 1.74. The highest BCUT2D eigenvalue weighted by Crippen LogP contribution is 2.10. The van der Waals surface area contributed by atoms with Crippen LogP contribution in [0.2, 0.25) is 0 Å². The minimum absolute atomic E-state index is 0.568. The lowest BCUT2D eigenvalue weighted by Crippen LogP contribution is -2.36. The van der Waals surface area contributed by atoms with Crippen molar-refractivity contribution >= 4 is 0 Å². The molecule has 0 aromatic carbocycles. The number of aromatic nitrogens is 4. The monoisotopic (exact) mass is 181 g/mol. The summed E-state index contributed by atoms with van der Waals surface area (Å²) >= 11 is 0. The van der Waals surface area contributed by atoms with E-state index in [1.165, 1.54) is 19.3 Å². The molecule has 72 valence electrons. The number of hydrogen-bond acceptors (Lipinski definition) is 4. The van der Waals surface area contributed by atoms with Gasteiger partial charge in [0.2, 0.25) is 0 Å². The summed E-state index contributed by atoms with van der Waals surface area (Å²) in [6.07, 6.45) is 4.81. The van der Waals surface area contributed by atoms with Crippen molar-refractivity contribution < 1.29 is 0 Å². The van der Waals surface area contributed by atoms with Crippen molar-refractivity contribution in [3.63, 3.8) is 0 Å². The second-order valence-electron chi connectivity index (χ2n) is 3.57. The van der Waals surface area contributed by atoms with Gasteiger partial charge in [0, 0.05) is 19.5 Å². The van der Waals surface area contributed by atoms with E-state index < -0.39 is 0 Å². The average molecular weight is 181 g/mol. The van der Waals surface area contributed by atoms with Crippen molar-refractivity contribution in [3.8, 4) is 0 Å². The predicted octanol–water partition coefficient (Wildman–Crippen LogP) is -0.105. The molecule has 0 saturated carbocycles. The van der Waals surface area contributed by atoms with Gasteiger partial charge in [-0.2, -0.15) is 0 Å². The third-order valence-electron chi connectivity index (χ3n) is 2.55. The molecule has 13 heavy (non-hydrogen) atoms. The molecule has 1 N–H and O–H groups in total. The summed E-state index contributed by atoms with van der Waals surface area (Å²) in [5.41, 5.74) is 0. The summed E-state index contributed by atoms with van der Waals surface area (Å²) < 4.78 is 1.75. The first-order valence-electron chi connectivity index (χ1n) is 4.81. The van der Waals surface area contributed by atoms with Crippen LogP contribution in [0.5, 0.6) is 0 Å². The van der Waals surface area contributed by atoms with E-state index in [0.29, 0.717) is 6.04 Å². The van der Waals surface area contributed by atoms with E-state index in [0.717, 1.165) is 18.8 Å². The van der Waals surface area contributed by atoms with Crippen molar-refractivity contribution in [3.05, 3.63) is 5.82 Å². The number of aryl methyl sites for hydroxylation is 1. The Morgan fingerprint density at radius 3 is 3.08 bits per heavy atom. The van der Waals surface area contributed by atoms with E-state index in [9.17, 15) is 0 Å². The highest BCUT2D eigenvalue weighted by Gasteiger charge is 2.15. The maximum Gasteiger partial charge on any atom is 0.152 e. The van der Waals surface area contributed by atoms with Crippen LogP contribution in [0.3, 0.4) is 0 Å². The minimum Gasteiger partial charge on any atom is -0.314 e. The second-order valence-corrected chi connectivity index (χ2v) is 3.57. The molecule has 0 radical (unpaired) electrons. The van der Waals surface area contributed by atoms with Crippen LogP contribution in [0.15, 0.2) is 0 Å². The first-order chi connectivity index (χ1) is 6.36. The molecule has 2 heterocycles. The molecule has 0 spiro atoms. The highest BCUT2D eigenvalue weighted by atomic mass is 15.5. The normalized spacial score (nSPS) is 23.3. The topological polar surface area (TPSA) is 55.6 Å². The lowest BCUT2D eigenvalue weighted by atomic mass is 10.0. The molecule has 0 aliphatic carbocycles. The fraction of sp³-hybridized carbons (Fsp3) is 0.875. The van der Waals surface area contributed by atoms with Crippen molar-refractivity contribution in [1.82, 2.24) is 25.5 Å². The van der Waals surface area contributed by atoms with E-state index >= 15 is 0 Å². The number of nitrogens with one attached hydrogen (secondary N) is 1. The Morgan fingerprint density at radius 1 is 1.54 bits per heavy atom. The van der Waals surface area contributed by atoms with Gasteiger partial charge < -0.3 is 5.32 Å². The zero-order valence-electron chi connectivity index (χ0n) is 7.90. The quantitative estimate of drug-likeness (QED) is 0.692. The first kappa shape index (κ1) is 8.62. The SMILES string of the molecule is Cn1nnnc1CC1CCCCN1. The third kappa shape index (κ3) is 2.03. The number of hydrogen-bond donors (Lipinski definition) is 1. The molecular weight excluding hydrogens is 166 g/mol. The molecule has 5 heteroatoms. The summed E-state index contributed by atoms with van der Waals surface area (Å²) in [6.45, 7) is 1.13. The minimum atomic E-state index is 0.568. The van der Waals surface area contributed by atoms with Crippen LogP contribution in [-0.4, -0.2) is 32.8 Å². The number of rotatable bonds is 2. The number of piperidine rings is 1. The summed E-state index contributed by atoms with van der Waals surface area (Å²) in [6, 6.07) is 0.568. The van der Waals surface area contributed by atoms with Gasteiger partial charge in [0.25, 0.3) is 0 Å². The smallest absolute Gasteiger partial charge is 0.152 e. The fourth-order valence-corrected chi connectivity index (χ4v) is 1.74. The zero-order chi connectivity index (χ0) is 9.10. The molecule has 1 fully saturated rings. The molecule has 0 bridgehead atoms. The molecule has 1 aromatic rings. The Balaban J connectivity index is 1.93. The van der Waals surface area contributed by atoms with E-state index in [4.69, 9.17) is 0 Å². The van der Waals surface area contributed by atoms with Crippen LogP contribution < -0.4 is 5.32 Å². The van der Waals surface area contributed by atoms with Gasteiger partial charge in [0.15, 0.2) is 5.82 Å². The van der Waals surface area contributed by atoms with Gasteiger partial charge in [-0.1, -0.05) is 6.42 Å². The Hall–Kier alpha value is -0.970. The van der Waals surface area contributed by atoms with Crippen LogP contribution in [0, 0.1) is 0 Å². The van der Waals surface area contributed by atoms with Crippen LogP contribution in [-0.2, 0) is 13.5 Å². The lowest BCUT2D eigenvalue weighted by molar-refractivity contribution is 0.390. The second kappa shape index (κ2) is 3.83. The first-order valence-corrected chi connectivity index (χ1v) is 4.81. The number of nitrogens with zero attached hydrogens (tertiary/aromatic N) is 4. The molecule has 1 unspecified atom stereocenters.